The third-order valence-electron chi connectivity index (χ3n) is 2.62. The first-order chi connectivity index (χ1) is 7.41. The molecular formula is C13H27NOS. The molecule has 2 nitrogen and oxygen atoms in total. The van der Waals surface area contributed by atoms with Crippen LogP contribution in [0.3, 0.4) is 0 Å². The zero-order valence-corrected chi connectivity index (χ0v) is 12.0. The largest absolute Gasteiger partial charge is 0.313 e. The van der Waals surface area contributed by atoms with E-state index in [1.54, 1.807) is 0 Å². The van der Waals surface area contributed by atoms with Crippen LogP contribution in [0.15, 0.2) is 12.7 Å². The smallest absolute Gasteiger partial charge is 0.0375 e. The van der Waals surface area contributed by atoms with Crippen LogP contribution in [0.5, 0.6) is 0 Å². The van der Waals surface area contributed by atoms with E-state index in [1.807, 2.05) is 26.8 Å². The van der Waals surface area contributed by atoms with Crippen molar-refractivity contribution in [2.75, 3.05) is 12.3 Å². The lowest BCUT2D eigenvalue weighted by molar-refractivity contribution is 0.484. The van der Waals surface area contributed by atoms with E-state index in [2.05, 4.69) is 18.8 Å². The van der Waals surface area contributed by atoms with Crippen LogP contribution in [0.1, 0.15) is 47.0 Å². The van der Waals surface area contributed by atoms with Gasteiger partial charge in [-0.25, -0.2) is 0 Å². The van der Waals surface area contributed by atoms with Crippen LogP contribution in [0.4, 0.5) is 0 Å². The molecule has 0 aromatic rings. The molecule has 0 aliphatic rings. The van der Waals surface area contributed by atoms with Gasteiger partial charge in [0, 0.05) is 33.9 Å². The third-order valence-corrected chi connectivity index (χ3v) is 4.56. The van der Waals surface area contributed by atoms with Gasteiger partial charge in [0.2, 0.25) is 0 Å². The molecule has 0 fully saturated rings. The Labute approximate surface area is 103 Å². The summed E-state index contributed by atoms with van der Waals surface area (Å²) in [6, 6.07) is 0.537. The lowest BCUT2D eigenvalue weighted by Gasteiger charge is -2.20. The highest BCUT2D eigenvalue weighted by Gasteiger charge is 2.18. The van der Waals surface area contributed by atoms with Crippen molar-refractivity contribution in [3.05, 3.63) is 12.7 Å². The average Bonchev–Trinajstić information content (AvgIpc) is 2.21. The summed E-state index contributed by atoms with van der Waals surface area (Å²) in [5.74, 6) is 0.744. The van der Waals surface area contributed by atoms with Gasteiger partial charge in [-0.05, 0) is 40.0 Å². The Hall–Kier alpha value is -0.150. The molecule has 0 rings (SSSR count). The summed E-state index contributed by atoms with van der Waals surface area (Å²) in [7, 11) is -0.744. The number of rotatable bonds is 8. The number of hydrogen-bond donors (Lipinski definition) is 1. The summed E-state index contributed by atoms with van der Waals surface area (Å²) in [4.78, 5) is 0. The molecular weight excluding hydrogens is 218 g/mol. The highest BCUT2D eigenvalue weighted by atomic mass is 32.2. The zero-order valence-electron chi connectivity index (χ0n) is 11.2. The molecule has 2 unspecified atom stereocenters. The predicted octanol–water partition coefficient (Wildman–Crippen LogP) is 2.87. The molecule has 0 aliphatic heterocycles. The van der Waals surface area contributed by atoms with Crippen LogP contribution in [0.25, 0.3) is 0 Å². The molecule has 0 saturated carbocycles. The van der Waals surface area contributed by atoms with Crippen molar-refractivity contribution in [1.29, 1.82) is 0 Å². The van der Waals surface area contributed by atoms with Gasteiger partial charge in [0.25, 0.3) is 0 Å². The Morgan fingerprint density at radius 2 is 2.06 bits per heavy atom. The van der Waals surface area contributed by atoms with Crippen LogP contribution >= 0.6 is 0 Å². The van der Waals surface area contributed by atoms with Crippen molar-refractivity contribution in [3.8, 4) is 0 Å². The van der Waals surface area contributed by atoms with E-state index in [0.717, 1.165) is 31.6 Å². The fourth-order valence-electron chi connectivity index (χ4n) is 1.43. The molecule has 3 heteroatoms. The monoisotopic (exact) mass is 245 g/mol. The van der Waals surface area contributed by atoms with E-state index in [0.29, 0.717) is 6.04 Å². The van der Waals surface area contributed by atoms with Crippen molar-refractivity contribution in [2.45, 2.75) is 57.7 Å². The number of nitrogens with one attached hydrogen (secondary N) is 1. The second kappa shape index (κ2) is 8.02. The third kappa shape index (κ3) is 7.18. The van der Waals surface area contributed by atoms with Crippen LogP contribution in [-0.4, -0.2) is 27.3 Å². The van der Waals surface area contributed by atoms with Gasteiger partial charge in [0.15, 0.2) is 0 Å². The van der Waals surface area contributed by atoms with Crippen LogP contribution in [-0.2, 0) is 10.8 Å². The number of hydrogen-bond acceptors (Lipinski definition) is 2. The minimum absolute atomic E-state index is 0.0928. The van der Waals surface area contributed by atoms with Gasteiger partial charge in [-0.15, -0.1) is 6.58 Å². The Bertz CT molecular complexity index is 220. The Morgan fingerprint density at radius 1 is 1.44 bits per heavy atom. The second-order valence-electron chi connectivity index (χ2n) is 5.09. The Balaban J connectivity index is 3.78. The molecule has 0 bridgehead atoms. The molecule has 0 amide bonds. The molecule has 2 atom stereocenters. The molecule has 16 heavy (non-hydrogen) atoms. The molecule has 0 aromatic heterocycles. The minimum atomic E-state index is -0.744. The summed E-state index contributed by atoms with van der Waals surface area (Å²) in [6.45, 7) is 12.8. The molecule has 0 radical (unpaired) electrons. The fourth-order valence-corrected chi connectivity index (χ4v) is 2.35. The number of allylic oxidation sites excluding steroid dienone is 1. The quantitative estimate of drug-likeness (QED) is 0.666. The van der Waals surface area contributed by atoms with Crippen molar-refractivity contribution in [3.63, 3.8) is 0 Å². The first-order valence-electron chi connectivity index (χ1n) is 6.14. The SMILES string of the molecule is C=CCCC(CC)NCCS(=O)C(C)(C)C. The molecule has 0 spiro atoms. The second-order valence-corrected chi connectivity index (χ2v) is 7.41. The van der Waals surface area contributed by atoms with Gasteiger partial charge in [0.1, 0.15) is 0 Å². The summed E-state index contributed by atoms with van der Waals surface area (Å²) in [5, 5.41) is 3.47. The normalized spacial score (nSPS) is 15.8. The van der Waals surface area contributed by atoms with E-state index in [9.17, 15) is 4.21 Å². The van der Waals surface area contributed by atoms with E-state index in [-0.39, 0.29) is 4.75 Å². The predicted molar refractivity (Wildman–Crippen MR) is 74.3 cm³/mol. The Kier molecular flexibility index (Phi) is 7.94. The molecule has 1 N–H and O–H groups in total. The average molecular weight is 245 g/mol. The topological polar surface area (TPSA) is 29.1 Å². The van der Waals surface area contributed by atoms with Crippen LogP contribution < -0.4 is 5.32 Å². The highest BCUT2D eigenvalue weighted by Crippen LogP contribution is 2.10. The van der Waals surface area contributed by atoms with Gasteiger partial charge in [0.05, 0.1) is 0 Å². The van der Waals surface area contributed by atoms with Crippen molar-refractivity contribution in [2.24, 2.45) is 0 Å². The summed E-state index contributed by atoms with van der Waals surface area (Å²) in [5.41, 5.74) is 0. The van der Waals surface area contributed by atoms with E-state index < -0.39 is 10.8 Å². The van der Waals surface area contributed by atoms with Gasteiger partial charge in [-0.3, -0.25) is 4.21 Å². The first-order valence-corrected chi connectivity index (χ1v) is 7.46. The summed E-state index contributed by atoms with van der Waals surface area (Å²) < 4.78 is 11.7. The zero-order chi connectivity index (χ0) is 12.6. The lowest BCUT2D eigenvalue weighted by atomic mass is 10.1. The van der Waals surface area contributed by atoms with Crippen LogP contribution in [0, 0.1) is 0 Å². The van der Waals surface area contributed by atoms with Crippen molar-refractivity contribution >= 4 is 10.8 Å². The van der Waals surface area contributed by atoms with Gasteiger partial charge >= 0.3 is 0 Å². The maximum Gasteiger partial charge on any atom is 0.0375 e. The Morgan fingerprint density at radius 3 is 2.50 bits per heavy atom. The maximum absolute atomic E-state index is 11.8. The van der Waals surface area contributed by atoms with Gasteiger partial charge in [-0.1, -0.05) is 13.0 Å². The lowest BCUT2D eigenvalue weighted by Crippen LogP contribution is -2.35. The van der Waals surface area contributed by atoms with Gasteiger partial charge < -0.3 is 5.32 Å². The molecule has 0 aromatic carbocycles. The molecule has 0 saturated heterocycles. The summed E-state index contributed by atoms with van der Waals surface area (Å²) >= 11 is 0. The molecule has 0 aliphatic carbocycles. The first kappa shape index (κ1) is 15.9. The fraction of sp³-hybridized carbons (Fsp3) is 0.846. The highest BCUT2D eigenvalue weighted by molar-refractivity contribution is 7.86. The molecule has 0 heterocycles. The van der Waals surface area contributed by atoms with Crippen LogP contribution in [0.2, 0.25) is 0 Å². The minimum Gasteiger partial charge on any atom is -0.313 e. The summed E-state index contributed by atoms with van der Waals surface area (Å²) in [6.07, 6.45) is 5.25. The van der Waals surface area contributed by atoms with Crippen molar-refractivity contribution in [1.82, 2.24) is 5.32 Å². The van der Waals surface area contributed by atoms with Gasteiger partial charge in [-0.2, -0.15) is 0 Å². The standard InChI is InChI=1S/C13H27NOS/c1-6-8-9-12(7-2)14-10-11-16(15)13(3,4)5/h6,12,14H,1,7-11H2,2-5H3. The van der Waals surface area contributed by atoms with Crippen molar-refractivity contribution < 1.29 is 4.21 Å². The molecule has 96 valence electrons. The maximum atomic E-state index is 11.8. The van der Waals surface area contributed by atoms with E-state index in [4.69, 9.17) is 0 Å². The van der Waals surface area contributed by atoms with E-state index in [1.165, 1.54) is 0 Å². The van der Waals surface area contributed by atoms with E-state index >= 15 is 0 Å².